The molecule has 0 spiro atoms. The van der Waals surface area contributed by atoms with E-state index in [-0.39, 0.29) is 17.5 Å². The second-order valence-electron chi connectivity index (χ2n) is 8.00. The smallest absolute Gasteiger partial charge is 0.174 e. The maximum atomic E-state index is 13.4. The van der Waals surface area contributed by atoms with Crippen LogP contribution in [-0.2, 0) is 0 Å². The second-order valence-corrected chi connectivity index (χ2v) is 8.00. The van der Waals surface area contributed by atoms with Gasteiger partial charge in [-0.2, -0.15) is 0 Å². The minimum absolute atomic E-state index is 0.0561. The summed E-state index contributed by atoms with van der Waals surface area (Å²) in [5.74, 6) is -0.829. The van der Waals surface area contributed by atoms with Crippen molar-refractivity contribution in [2.24, 2.45) is 11.8 Å². The summed E-state index contributed by atoms with van der Waals surface area (Å²) in [6, 6.07) is 8.07. The van der Waals surface area contributed by atoms with Crippen LogP contribution in [0.25, 0.3) is 0 Å². The number of hydrogen-bond donors (Lipinski definition) is 0. The van der Waals surface area contributed by atoms with Gasteiger partial charge in [0.1, 0.15) is 0 Å². The third-order valence-corrected chi connectivity index (χ3v) is 5.08. The van der Waals surface area contributed by atoms with Crippen LogP contribution in [0.5, 0.6) is 0 Å². The van der Waals surface area contributed by atoms with Crippen molar-refractivity contribution in [1.82, 2.24) is 0 Å². The van der Waals surface area contributed by atoms with Gasteiger partial charge < -0.3 is 0 Å². The van der Waals surface area contributed by atoms with E-state index < -0.39 is 5.92 Å². The molecule has 2 aromatic carbocycles. The predicted octanol–water partition coefficient (Wildman–Crippen LogP) is 5.87. The molecule has 2 heteroatoms. The molecule has 0 fully saturated rings. The molecule has 2 nitrogen and oxygen atoms in total. The summed E-state index contributed by atoms with van der Waals surface area (Å²) in [6.07, 6.45) is 0. The van der Waals surface area contributed by atoms with Crippen molar-refractivity contribution >= 4 is 11.6 Å². The first-order valence-electron chi connectivity index (χ1n) is 9.28. The molecule has 138 valence electrons. The number of benzene rings is 2. The number of carbonyl (C=O) groups excluding carboxylic acids is 2. The van der Waals surface area contributed by atoms with Gasteiger partial charge in [-0.25, -0.2) is 0 Å². The van der Waals surface area contributed by atoms with Crippen LogP contribution in [0.2, 0.25) is 0 Å². The van der Waals surface area contributed by atoms with Crippen molar-refractivity contribution in [1.29, 1.82) is 0 Å². The SMILES string of the molecule is Cc1cc(C)c(C(=O)C(C(=O)c2c(C)cc(C)cc2C)C(C)C)c(C)c1. The maximum Gasteiger partial charge on any atom is 0.174 e. The number of rotatable bonds is 5. The van der Waals surface area contributed by atoms with Gasteiger partial charge in [0.05, 0.1) is 5.92 Å². The van der Waals surface area contributed by atoms with E-state index in [2.05, 4.69) is 0 Å². The first-order valence-corrected chi connectivity index (χ1v) is 9.28. The van der Waals surface area contributed by atoms with E-state index in [0.717, 1.165) is 33.4 Å². The molecule has 0 aliphatic rings. The Balaban J connectivity index is 2.57. The van der Waals surface area contributed by atoms with Gasteiger partial charge in [-0.05, 0) is 69.7 Å². The second kappa shape index (κ2) is 7.57. The van der Waals surface area contributed by atoms with Crippen molar-refractivity contribution in [3.05, 3.63) is 68.8 Å². The van der Waals surface area contributed by atoms with E-state index >= 15 is 0 Å². The van der Waals surface area contributed by atoms with E-state index in [4.69, 9.17) is 0 Å². The summed E-state index contributed by atoms with van der Waals surface area (Å²) in [6.45, 7) is 15.8. The van der Waals surface area contributed by atoms with Gasteiger partial charge in [0.25, 0.3) is 0 Å². The molecule has 0 saturated carbocycles. The van der Waals surface area contributed by atoms with E-state index in [0.29, 0.717) is 11.1 Å². The van der Waals surface area contributed by atoms with Crippen molar-refractivity contribution in [3.63, 3.8) is 0 Å². The molecule has 0 bridgehead atoms. The lowest BCUT2D eigenvalue weighted by molar-refractivity contribution is 0.0765. The molecule has 0 aliphatic heterocycles. The largest absolute Gasteiger partial charge is 0.293 e. The number of aryl methyl sites for hydroxylation is 6. The van der Waals surface area contributed by atoms with Gasteiger partial charge in [-0.3, -0.25) is 9.59 Å². The van der Waals surface area contributed by atoms with Crippen LogP contribution in [0.4, 0.5) is 0 Å². The van der Waals surface area contributed by atoms with E-state index in [1.807, 2.05) is 79.7 Å². The highest BCUT2D eigenvalue weighted by molar-refractivity contribution is 6.18. The van der Waals surface area contributed by atoms with Gasteiger partial charge in [0.15, 0.2) is 11.6 Å². The number of ketones is 2. The normalized spacial score (nSPS) is 11.3. The molecule has 0 aliphatic carbocycles. The fourth-order valence-electron chi connectivity index (χ4n) is 4.17. The number of hydrogen-bond acceptors (Lipinski definition) is 2. The van der Waals surface area contributed by atoms with Crippen molar-refractivity contribution in [2.75, 3.05) is 0 Å². The Morgan fingerprint density at radius 2 is 0.885 bits per heavy atom. The summed E-state index contributed by atoms with van der Waals surface area (Å²) in [4.78, 5) is 26.8. The fraction of sp³-hybridized carbons (Fsp3) is 0.417. The summed E-state index contributed by atoms with van der Waals surface area (Å²) in [5, 5.41) is 0. The van der Waals surface area contributed by atoms with Crippen LogP contribution < -0.4 is 0 Å². The van der Waals surface area contributed by atoms with Crippen molar-refractivity contribution < 1.29 is 9.59 Å². The molecule has 0 unspecified atom stereocenters. The van der Waals surface area contributed by atoms with Crippen LogP contribution in [-0.4, -0.2) is 11.6 Å². The highest BCUT2D eigenvalue weighted by Crippen LogP contribution is 2.29. The van der Waals surface area contributed by atoms with E-state index in [9.17, 15) is 9.59 Å². The summed E-state index contributed by atoms with van der Waals surface area (Å²) < 4.78 is 0. The zero-order chi connectivity index (χ0) is 19.8. The molecule has 0 atom stereocenters. The molecular weight excluding hydrogens is 320 g/mol. The summed E-state index contributed by atoms with van der Waals surface area (Å²) >= 11 is 0. The first-order chi connectivity index (χ1) is 12.0. The molecule has 0 heterocycles. The highest BCUT2D eigenvalue weighted by Gasteiger charge is 2.34. The fourth-order valence-corrected chi connectivity index (χ4v) is 4.17. The summed E-state index contributed by atoms with van der Waals surface area (Å²) in [5.41, 5.74) is 7.46. The van der Waals surface area contributed by atoms with E-state index in [1.54, 1.807) is 0 Å². The van der Waals surface area contributed by atoms with E-state index in [1.165, 1.54) is 0 Å². The van der Waals surface area contributed by atoms with Crippen LogP contribution in [0.1, 0.15) is 67.9 Å². The summed E-state index contributed by atoms with van der Waals surface area (Å²) in [7, 11) is 0. The first kappa shape index (κ1) is 20.1. The van der Waals surface area contributed by atoms with Crippen molar-refractivity contribution in [2.45, 2.75) is 55.4 Å². The third-order valence-electron chi connectivity index (χ3n) is 5.08. The molecule has 2 aromatic rings. The maximum absolute atomic E-state index is 13.4. The number of carbonyl (C=O) groups is 2. The molecule has 2 rings (SSSR count). The Labute approximate surface area is 157 Å². The Bertz CT molecular complexity index is 756. The third kappa shape index (κ3) is 3.80. The van der Waals surface area contributed by atoms with Crippen LogP contribution >= 0.6 is 0 Å². The van der Waals surface area contributed by atoms with Gasteiger partial charge >= 0.3 is 0 Å². The van der Waals surface area contributed by atoms with Crippen molar-refractivity contribution in [3.8, 4) is 0 Å². The molecule has 0 amide bonds. The van der Waals surface area contributed by atoms with Gasteiger partial charge in [-0.1, -0.05) is 49.2 Å². The zero-order valence-corrected chi connectivity index (χ0v) is 17.3. The average Bonchev–Trinajstić information content (AvgIpc) is 2.44. The Hall–Kier alpha value is -2.22. The zero-order valence-electron chi connectivity index (χ0n) is 17.3. The topological polar surface area (TPSA) is 34.1 Å². The van der Waals surface area contributed by atoms with Crippen LogP contribution in [0.3, 0.4) is 0 Å². The van der Waals surface area contributed by atoms with Crippen LogP contribution in [0, 0.1) is 53.4 Å². The predicted molar refractivity (Wildman–Crippen MR) is 108 cm³/mol. The quantitative estimate of drug-likeness (QED) is 0.499. The minimum Gasteiger partial charge on any atom is -0.293 e. The lowest BCUT2D eigenvalue weighted by Gasteiger charge is -2.23. The molecular formula is C24H30O2. The van der Waals surface area contributed by atoms with Gasteiger partial charge in [0.2, 0.25) is 0 Å². The monoisotopic (exact) mass is 350 g/mol. The molecule has 0 radical (unpaired) electrons. The Kier molecular flexibility index (Phi) is 5.85. The lowest BCUT2D eigenvalue weighted by Crippen LogP contribution is -2.31. The lowest BCUT2D eigenvalue weighted by atomic mass is 9.78. The molecule has 0 saturated heterocycles. The molecule has 0 aromatic heterocycles. The van der Waals surface area contributed by atoms with Gasteiger partial charge in [0, 0.05) is 11.1 Å². The molecule has 26 heavy (non-hydrogen) atoms. The van der Waals surface area contributed by atoms with Crippen LogP contribution in [0.15, 0.2) is 24.3 Å². The standard InChI is InChI=1S/C24H30O2/c1-13(2)20(23(25)21-16(5)9-14(3)10-17(21)6)24(26)22-18(7)11-15(4)12-19(22)8/h9-13,20H,1-8H3. The van der Waals surface area contributed by atoms with Gasteiger partial charge in [-0.15, -0.1) is 0 Å². The minimum atomic E-state index is -0.657. The Morgan fingerprint density at radius 3 is 1.12 bits per heavy atom. The molecule has 0 N–H and O–H groups in total. The Morgan fingerprint density at radius 1 is 0.615 bits per heavy atom. The highest BCUT2D eigenvalue weighted by atomic mass is 16.2. The number of Topliss-reactive ketones (excluding diaryl/α,β-unsaturated/α-hetero) is 2. The average molecular weight is 351 g/mol.